The fourth-order valence-corrected chi connectivity index (χ4v) is 1.30. The smallest absolute Gasteiger partial charge is 0.309 e. The summed E-state index contributed by atoms with van der Waals surface area (Å²) in [5, 5.41) is 8.63. The molecule has 1 N–H and O–H groups in total. The van der Waals surface area contributed by atoms with Gasteiger partial charge in [0.25, 0.3) is 0 Å². The molecule has 16 heavy (non-hydrogen) atoms. The summed E-state index contributed by atoms with van der Waals surface area (Å²) in [5.74, 6) is -0.158. The quantitative estimate of drug-likeness (QED) is 0.795. The normalized spacial score (nSPS) is 11.3. The average molecular weight is 221 g/mol. The lowest BCUT2D eigenvalue weighted by Gasteiger charge is -2.05. The molecule has 0 aromatic heterocycles. The maximum absolute atomic E-state index is 10.5. The molecule has 4 heteroatoms. The minimum absolute atomic E-state index is 0.0450. The highest BCUT2D eigenvalue weighted by Gasteiger charge is 2.03. The summed E-state index contributed by atoms with van der Waals surface area (Å²) in [6.45, 7) is 3.62. The number of methoxy groups -OCH3 is 1. The average Bonchev–Trinajstić information content (AvgIpc) is 2.20. The first-order chi connectivity index (χ1) is 7.52. The van der Waals surface area contributed by atoms with Gasteiger partial charge in [0.15, 0.2) is 0 Å². The fourth-order valence-electron chi connectivity index (χ4n) is 1.30. The molecule has 0 amide bonds. The van der Waals surface area contributed by atoms with Gasteiger partial charge in [-0.1, -0.05) is 6.07 Å². The van der Waals surface area contributed by atoms with Crippen LogP contribution in [0.4, 0.5) is 5.69 Å². The van der Waals surface area contributed by atoms with Gasteiger partial charge in [0, 0.05) is 11.8 Å². The SMILES string of the molecule is COc1ccc(C)c(/N=C(/C)CC(=O)O)c1. The molecule has 0 saturated heterocycles. The third kappa shape index (κ3) is 3.38. The molecule has 0 unspecified atom stereocenters. The van der Waals surface area contributed by atoms with E-state index in [2.05, 4.69) is 4.99 Å². The number of carboxylic acids is 1. The van der Waals surface area contributed by atoms with Gasteiger partial charge in [0.2, 0.25) is 0 Å². The van der Waals surface area contributed by atoms with E-state index in [1.54, 1.807) is 20.1 Å². The van der Waals surface area contributed by atoms with E-state index in [4.69, 9.17) is 9.84 Å². The van der Waals surface area contributed by atoms with Gasteiger partial charge in [0.05, 0.1) is 19.2 Å². The number of nitrogens with zero attached hydrogens (tertiary/aromatic N) is 1. The molecule has 1 aromatic rings. The van der Waals surface area contributed by atoms with Crippen LogP contribution in [0.1, 0.15) is 18.9 Å². The molecule has 0 saturated carbocycles. The molecule has 86 valence electrons. The number of aryl methyl sites for hydroxylation is 1. The van der Waals surface area contributed by atoms with Crippen LogP contribution in [-0.4, -0.2) is 23.9 Å². The summed E-state index contributed by atoms with van der Waals surface area (Å²) in [4.78, 5) is 14.8. The number of hydrogen-bond donors (Lipinski definition) is 1. The van der Waals surface area contributed by atoms with Crippen molar-refractivity contribution in [3.63, 3.8) is 0 Å². The van der Waals surface area contributed by atoms with Crippen LogP contribution in [0.25, 0.3) is 0 Å². The highest BCUT2D eigenvalue weighted by molar-refractivity contribution is 5.98. The van der Waals surface area contributed by atoms with Gasteiger partial charge in [-0.05, 0) is 25.5 Å². The zero-order chi connectivity index (χ0) is 12.1. The van der Waals surface area contributed by atoms with E-state index in [-0.39, 0.29) is 6.42 Å². The molecule has 0 bridgehead atoms. The van der Waals surface area contributed by atoms with Crippen molar-refractivity contribution in [3.05, 3.63) is 23.8 Å². The van der Waals surface area contributed by atoms with Gasteiger partial charge < -0.3 is 9.84 Å². The lowest BCUT2D eigenvalue weighted by molar-refractivity contribution is -0.135. The Kier molecular flexibility index (Phi) is 4.05. The Hall–Kier alpha value is -1.84. The first-order valence-electron chi connectivity index (χ1n) is 4.93. The van der Waals surface area contributed by atoms with E-state index in [9.17, 15) is 4.79 Å². The molecule has 0 fully saturated rings. The van der Waals surface area contributed by atoms with Crippen LogP contribution in [0.3, 0.4) is 0 Å². The first kappa shape index (κ1) is 12.2. The number of carbonyl (C=O) groups is 1. The predicted molar refractivity (Wildman–Crippen MR) is 62.8 cm³/mol. The third-order valence-electron chi connectivity index (χ3n) is 2.13. The maximum atomic E-state index is 10.5. The summed E-state index contributed by atoms with van der Waals surface area (Å²) in [7, 11) is 1.59. The zero-order valence-corrected chi connectivity index (χ0v) is 9.65. The molecular formula is C12H15NO3. The van der Waals surface area contributed by atoms with Crippen molar-refractivity contribution in [1.82, 2.24) is 0 Å². The maximum Gasteiger partial charge on any atom is 0.309 e. The van der Waals surface area contributed by atoms with E-state index in [0.717, 1.165) is 11.3 Å². The number of rotatable bonds is 4. The van der Waals surface area contributed by atoms with E-state index in [0.29, 0.717) is 11.5 Å². The van der Waals surface area contributed by atoms with E-state index in [1.807, 2.05) is 19.1 Å². The Labute approximate surface area is 94.6 Å². The second-order valence-electron chi connectivity index (χ2n) is 3.57. The van der Waals surface area contributed by atoms with Crippen molar-refractivity contribution in [2.75, 3.05) is 7.11 Å². The molecule has 4 nitrogen and oxygen atoms in total. The van der Waals surface area contributed by atoms with Crippen LogP contribution in [-0.2, 0) is 4.79 Å². The van der Waals surface area contributed by atoms with Gasteiger partial charge in [0.1, 0.15) is 5.75 Å². The van der Waals surface area contributed by atoms with Crippen LogP contribution < -0.4 is 4.74 Å². The largest absolute Gasteiger partial charge is 0.497 e. The number of aliphatic carboxylic acids is 1. The summed E-state index contributed by atoms with van der Waals surface area (Å²) in [6.07, 6.45) is -0.0450. The molecule has 0 aliphatic carbocycles. The number of benzene rings is 1. The van der Waals surface area contributed by atoms with Gasteiger partial charge in [-0.25, -0.2) is 0 Å². The molecule has 0 atom stereocenters. The minimum Gasteiger partial charge on any atom is -0.497 e. The predicted octanol–water partition coefficient (Wildman–Crippen LogP) is 2.57. The number of hydrogen-bond acceptors (Lipinski definition) is 3. The van der Waals surface area contributed by atoms with Crippen molar-refractivity contribution in [3.8, 4) is 5.75 Å². The highest BCUT2D eigenvalue weighted by Crippen LogP contribution is 2.24. The molecule has 0 aliphatic heterocycles. The zero-order valence-electron chi connectivity index (χ0n) is 9.65. The Bertz CT molecular complexity index is 424. The monoisotopic (exact) mass is 221 g/mol. The highest BCUT2D eigenvalue weighted by atomic mass is 16.5. The van der Waals surface area contributed by atoms with Crippen molar-refractivity contribution in [2.45, 2.75) is 20.3 Å². The van der Waals surface area contributed by atoms with Gasteiger partial charge >= 0.3 is 5.97 Å². The Morgan fingerprint density at radius 3 is 2.75 bits per heavy atom. The molecule has 0 heterocycles. The second kappa shape index (κ2) is 5.30. The van der Waals surface area contributed by atoms with Crippen LogP contribution in [0.2, 0.25) is 0 Å². The first-order valence-corrected chi connectivity index (χ1v) is 4.93. The van der Waals surface area contributed by atoms with E-state index in [1.165, 1.54) is 0 Å². The standard InChI is InChI=1S/C12H15NO3/c1-8-4-5-10(16-3)7-11(8)13-9(2)6-12(14)15/h4-5,7H,6H2,1-3H3,(H,14,15)/b13-9-. The lowest BCUT2D eigenvalue weighted by atomic mass is 10.2. The van der Waals surface area contributed by atoms with Gasteiger partial charge in [-0.2, -0.15) is 0 Å². The molecule has 1 aromatic carbocycles. The Morgan fingerprint density at radius 2 is 2.19 bits per heavy atom. The molecule has 0 radical (unpaired) electrons. The topological polar surface area (TPSA) is 58.9 Å². The number of carboxylic acid groups (broad SMARTS) is 1. The van der Waals surface area contributed by atoms with E-state index >= 15 is 0 Å². The van der Waals surface area contributed by atoms with Crippen molar-refractivity contribution in [2.24, 2.45) is 4.99 Å². The van der Waals surface area contributed by atoms with Crippen molar-refractivity contribution >= 4 is 17.4 Å². The van der Waals surface area contributed by atoms with Crippen LogP contribution in [0, 0.1) is 6.92 Å². The van der Waals surface area contributed by atoms with Gasteiger partial charge in [-0.15, -0.1) is 0 Å². The molecule has 0 spiro atoms. The van der Waals surface area contributed by atoms with Crippen molar-refractivity contribution < 1.29 is 14.6 Å². The van der Waals surface area contributed by atoms with Crippen LogP contribution in [0.15, 0.2) is 23.2 Å². The fraction of sp³-hybridized carbons (Fsp3) is 0.333. The summed E-state index contributed by atoms with van der Waals surface area (Å²) in [5.41, 5.74) is 2.31. The van der Waals surface area contributed by atoms with Crippen LogP contribution in [0.5, 0.6) is 5.75 Å². The molecule has 1 rings (SSSR count). The second-order valence-corrected chi connectivity index (χ2v) is 3.57. The minimum atomic E-state index is -0.873. The van der Waals surface area contributed by atoms with Crippen molar-refractivity contribution in [1.29, 1.82) is 0 Å². The summed E-state index contributed by atoms with van der Waals surface area (Å²) < 4.78 is 5.09. The lowest BCUT2D eigenvalue weighted by Crippen LogP contribution is -2.02. The van der Waals surface area contributed by atoms with Gasteiger partial charge in [-0.3, -0.25) is 9.79 Å². The number of aliphatic imine (C=N–C) groups is 1. The van der Waals surface area contributed by atoms with E-state index < -0.39 is 5.97 Å². The molecular weight excluding hydrogens is 206 g/mol. The molecule has 0 aliphatic rings. The summed E-state index contributed by atoms with van der Waals surface area (Å²) >= 11 is 0. The third-order valence-corrected chi connectivity index (χ3v) is 2.13. The summed E-state index contributed by atoms with van der Waals surface area (Å²) in [6, 6.07) is 5.54. The van der Waals surface area contributed by atoms with Crippen LogP contribution >= 0.6 is 0 Å². The Balaban J connectivity index is 2.98. The Morgan fingerprint density at radius 1 is 1.50 bits per heavy atom. The number of ether oxygens (including phenoxy) is 1.